The number of aromatic amines is 1. The first-order chi connectivity index (χ1) is 11.5. The molecular weight excluding hydrogens is 304 g/mol. The lowest BCUT2D eigenvalue weighted by Crippen LogP contribution is -3.12. The van der Waals surface area contributed by atoms with Crippen LogP contribution in [0.3, 0.4) is 0 Å². The molecule has 5 nitrogen and oxygen atoms in total. The number of quaternary nitrogens is 1. The van der Waals surface area contributed by atoms with E-state index < -0.39 is 0 Å². The second-order valence-corrected chi connectivity index (χ2v) is 6.94. The first kappa shape index (κ1) is 16.8. The summed E-state index contributed by atoms with van der Waals surface area (Å²) in [5, 5.41) is 0.635. The van der Waals surface area contributed by atoms with Crippen LogP contribution in [-0.4, -0.2) is 32.3 Å². The van der Waals surface area contributed by atoms with Crippen LogP contribution in [0, 0.1) is 12.8 Å². The highest BCUT2D eigenvalue weighted by molar-refractivity contribution is 5.86. The van der Waals surface area contributed by atoms with Crippen LogP contribution < -0.4 is 19.8 Å². The second kappa shape index (κ2) is 6.85. The van der Waals surface area contributed by atoms with E-state index in [0.717, 1.165) is 42.3 Å². The van der Waals surface area contributed by atoms with Crippen molar-refractivity contribution in [1.82, 2.24) is 4.98 Å². The van der Waals surface area contributed by atoms with Crippen molar-refractivity contribution in [3.8, 4) is 11.5 Å². The molecule has 130 valence electrons. The first-order valence-electron chi connectivity index (χ1n) is 8.64. The summed E-state index contributed by atoms with van der Waals surface area (Å²) in [5.41, 5.74) is 2.64. The predicted octanol–water partition coefficient (Wildman–Crippen LogP) is 1.67. The lowest BCUT2D eigenvalue weighted by molar-refractivity contribution is -0.922. The summed E-state index contributed by atoms with van der Waals surface area (Å²) < 4.78 is 10.7. The van der Waals surface area contributed by atoms with Crippen LogP contribution in [0.2, 0.25) is 0 Å². The Bertz CT molecular complexity index is 797. The fraction of sp³-hybridized carbons (Fsp3) is 0.526. The Morgan fingerprint density at radius 2 is 2.08 bits per heavy atom. The standard InChI is InChI=1S/C19H26N2O3/c1-12-6-5-7-21(10-12)11-16-13(2)20-18-15(19(16)22)8-14(23-3)9-17(18)24-4/h8-9,12H,5-7,10-11H2,1-4H3,(H,20,22)/p+1. The number of ether oxygens (including phenoxy) is 2. The number of nitrogens with one attached hydrogen (secondary N) is 2. The molecule has 24 heavy (non-hydrogen) atoms. The summed E-state index contributed by atoms with van der Waals surface area (Å²) >= 11 is 0. The molecule has 2 atom stereocenters. The van der Waals surface area contributed by atoms with E-state index in [9.17, 15) is 4.79 Å². The number of likely N-dealkylation sites (tertiary alicyclic amines) is 1. The normalized spacial score (nSPS) is 21.0. The van der Waals surface area contributed by atoms with E-state index in [1.54, 1.807) is 26.4 Å². The number of H-pyrrole nitrogens is 1. The van der Waals surface area contributed by atoms with Gasteiger partial charge in [-0.05, 0) is 25.8 Å². The van der Waals surface area contributed by atoms with Gasteiger partial charge in [0, 0.05) is 17.7 Å². The zero-order valence-corrected chi connectivity index (χ0v) is 15.0. The lowest BCUT2D eigenvalue weighted by atomic mass is 9.99. The van der Waals surface area contributed by atoms with Gasteiger partial charge >= 0.3 is 0 Å². The van der Waals surface area contributed by atoms with Crippen LogP contribution in [0.1, 0.15) is 31.0 Å². The smallest absolute Gasteiger partial charge is 0.198 e. The predicted molar refractivity (Wildman–Crippen MR) is 95.2 cm³/mol. The van der Waals surface area contributed by atoms with E-state index >= 15 is 0 Å². The molecule has 0 bridgehead atoms. The Morgan fingerprint density at radius 1 is 1.29 bits per heavy atom. The van der Waals surface area contributed by atoms with Crippen LogP contribution in [0.4, 0.5) is 0 Å². The Kier molecular flexibility index (Phi) is 4.81. The molecule has 0 amide bonds. The molecule has 1 fully saturated rings. The third-order valence-corrected chi connectivity index (χ3v) is 5.11. The van der Waals surface area contributed by atoms with Crippen molar-refractivity contribution in [2.24, 2.45) is 5.92 Å². The van der Waals surface area contributed by atoms with Crippen LogP contribution in [0.5, 0.6) is 11.5 Å². The zero-order chi connectivity index (χ0) is 17.3. The van der Waals surface area contributed by atoms with Crippen molar-refractivity contribution in [1.29, 1.82) is 0 Å². The fourth-order valence-corrected chi connectivity index (χ4v) is 3.79. The molecule has 1 aromatic carbocycles. The number of rotatable bonds is 4. The molecule has 0 spiro atoms. The number of aromatic nitrogens is 1. The topological polar surface area (TPSA) is 55.8 Å². The lowest BCUT2D eigenvalue weighted by Gasteiger charge is -2.28. The van der Waals surface area contributed by atoms with E-state index in [4.69, 9.17) is 9.47 Å². The van der Waals surface area contributed by atoms with Gasteiger partial charge in [0.05, 0.1) is 43.8 Å². The number of hydrogen-bond donors (Lipinski definition) is 2. The van der Waals surface area contributed by atoms with Gasteiger partial charge in [-0.15, -0.1) is 0 Å². The molecule has 2 unspecified atom stereocenters. The molecule has 1 aliphatic rings. The molecule has 5 heteroatoms. The number of piperidine rings is 1. The molecule has 0 saturated carbocycles. The third-order valence-electron chi connectivity index (χ3n) is 5.11. The van der Waals surface area contributed by atoms with Crippen molar-refractivity contribution in [3.05, 3.63) is 33.6 Å². The second-order valence-electron chi connectivity index (χ2n) is 6.94. The maximum Gasteiger partial charge on any atom is 0.198 e. The van der Waals surface area contributed by atoms with Gasteiger partial charge in [0.15, 0.2) is 5.43 Å². The van der Waals surface area contributed by atoms with E-state index in [1.807, 2.05) is 6.92 Å². The van der Waals surface area contributed by atoms with E-state index in [0.29, 0.717) is 16.9 Å². The molecule has 1 aliphatic heterocycles. The summed E-state index contributed by atoms with van der Waals surface area (Å²) in [4.78, 5) is 18.0. The largest absolute Gasteiger partial charge is 0.497 e. The molecule has 0 aliphatic carbocycles. The molecule has 1 saturated heterocycles. The summed E-state index contributed by atoms with van der Waals surface area (Å²) in [5.74, 6) is 2.00. The number of hydrogen-bond acceptors (Lipinski definition) is 3. The quantitative estimate of drug-likeness (QED) is 0.896. The third kappa shape index (κ3) is 3.13. The Morgan fingerprint density at radius 3 is 2.75 bits per heavy atom. The van der Waals surface area contributed by atoms with Gasteiger partial charge in [0.25, 0.3) is 0 Å². The molecule has 2 aromatic rings. The van der Waals surface area contributed by atoms with E-state index in [2.05, 4.69) is 11.9 Å². The summed E-state index contributed by atoms with van der Waals surface area (Å²) in [7, 11) is 3.21. The monoisotopic (exact) mass is 331 g/mol. The van der Waals surface area contributed by atoms with E-state index in [1.165, 1.54) is 17.7 Å². The molecule has 3 rings (SSSR count). The van der Waals surface area contributed by atoms with Crippen molar-refractivity contribution in [2.75, 3.05) is 27.3 Å². The van der Waals surface area contributed by atoms with Crippen molar-refractivity contribution < 1.29 is 14.4 Å². The van der Waals surface area contributed by atoms with Crippen LogP contribution in [0.15, 0.2) is 16.9 Å². The highest BCUT2D eigenvalue weighted by Crippen LogP contribution is 2.28. The summed E-state index contributed by atoms with van der Waals surface area (Å²) in [6.45, 7) is 7.33. The SMILES string of the molecule is COc1cc(OC)c2[nH]c(C)c(C[NH+]3CCCC(C)C3)c(=O)c2c1. The highest BCUT2D eigenvalue weighted by Gasteiger charge is 2.23. The van der Waals surface area contributed by atoms with Gasteiger partial charge < -0.3 is 19.4 Å². The van der Waals surface area contributed by atoms with Gasteiger partial charge in [-0.1, -0.05) is 6.92 Å². The first-order valence-corrected chi connectivity index (χ1v) is 8.64. The number of benzene rings is 1. The van der Waals surface area contributed by atoms with Gasteiger partial charge in [-0.3, -0.25) is 4.79 Å². The minimum absolute atomic E-state index is 0.0872. The Balaban J connectivity index is 2.07. The average Bonchev–Trinajstić information content (AvgIpc) is 2.58. The maximum absolute atomic E-state index is 13.1. The number of pyridine rings is 1. The Labute approximate surface area is 142 Å². The Hall–Kier alpha value is -2.01. The van der Waals surface area contributed by atoms with Gasteiger partial charge in [-0.25, -0.2) is 0 Å². The number of methoxy groups -OCH3 is 2. The average molecular weight is 331 g/mol. The van der Waals surface area contributed by atoms with Gasteiger partial charge in [-0.2, -0.15) is 0 Å². The molecule has 1 aromatic heterocycles. The molecule has 0 radical (unpaired) electrons. The van der Waals surface area contributed by atoms with E-state index in [-0.39, 0.29) is 5.43 Å². The van der Waals surface area contributed by atoms with Crippen LogP contribution >= 0.6 is 0 Å². The fourth-order valence-electron chi connectivity index (χ4n) is 3.79. The highest BCUT2D eigenvalue weighted by atomic mass is 16.5. The molecular formula is C19H27N2O3+. The van der Waals surface area contributed by atoms with Crippen molar-refractivity contribution in [3.63, 3.8) is 0 Å². The van der Waals surface area contributed by atoms with Gasteiger partial charge in [0.2, 0.25) is 0 Å². The molecule has 2 heterocycles. The summed E-state index contributed by atoms with van der Waals surface area (Å²) in [6.07, 6.45) is 2.54. The summed E-state index contributed by atoms with van der Waals surface area (Å²) in [6, 6.07) is 3.60. The zero-order valence-electron chi connectivity index (χ0n) is 15.0. The minimum atomic E-state index is 0.0872. The molecule has 2 N–H and O–H groups in total. The number of fused-ring (bicyclic) bond motifs is 1. The van der Waals surface area contributed by atoms with Crippen molar-refractivity contribution >= 4 is 10.9 Å². The minimum Gasteiger partial charge on any atom is -0.497 e. The van der Waals surface area contributed by atoms with Gasteiger partial charge in [0.1, 0.15) is 18.0 Å². The van der Waals surface area contributed by atoms with Crippen molar-refractivity contribution in [2.45, 2.75) is 33.2 Å². The maximum atomic E-state index is 13.1. The van der Waals surface area contributed by atoms with Crippen LogP contribution in [-0.2, 0) is 6.54 Å². The number of aryl methyl sites for hydroxylation is 1. The van der Waals surface area contributed by atoms with Crippen LogP contribution in [0.25, 0.3) is 10.9 Å².